The fraction of sp³-hybridized carbons (Fsp3) is 0.467. The number of urea groups is 1. The molecule has 1 aromatic carbocycles. The maximum absolute atomic E-state index is 12.2. The number of carbonyl (C=O) groups excluding carboxylic acids is 1. The second kappa shape index (κ2) is 6.58. The molecule has 1 aliphatic rings. The third kappa shape index (κ3) is 3.72. The Morgan fingerprint density at radius 1 is 1.14 bits per heavy atom. The molecular weight excluding hydrogens is 270 g/mol. The van der Waals surface area contributed by atoms with E-state index in [0.29, 0.717) is 24.8 Å². The summed E-state index contributed by atoms with van der Waals surface area (Å²) in [4.78, 5) is 27.4. The van der Waals surface area contributed by atoms with Gasteiger partial charge in [-0.15, -0.1) is 0 Å². The lowest BCUT2D eigenvalue weighted by Gasteiger charge is -2.36. The van der Waals surface area contributed by atoms with Gasteiger partial charge >= 0.3 is 12.0 Å². The second-order valence-electron chi connectivity index (χ2n) is 5.40. The number of hydrogen-bond acceptors (Lipinski definition) is 3. The fourth-order valence-corrected chi connectivity index (χ4v) is 2.41. The molecule has 1 aliphatic heterocycles. The standard InChI is InChI=1S/C15H21N3O3/c1-11(2)17-7-9-18(10-8-17)15(21)16-13-6-4-3-5-12(13)14(19)20/h3-6,11H,7-10H2,1-2H3,(H,16,21)(H,19,20). The largest absolute Gasteiger partial charge is 0.478 e. The van der Waals surface area contributed by atoms with Crippen LogP contribution in [0.1, 0.15) is 24.2 Å². The van der Waals surface area contributed by atoms with Gasteiger partial charge in [-0.05, 0) is 26.0 Å². The van der Waals surface area contributed by atoms with Crippen molar-refractivity contribution in [3.05, 3.63) is 29.8 Å². The van der Waals surface area contributed by atoms with Crippen LogP contribution in [0.25, 0.3) is 0 Å². The lowest BCUT2D eigenvalue weighted by Crippen LogP contribution is -2.51. The predicted octanol–water partition coefficient (Wildman–Crippen LogP) is 1.94. The smallest absolute Gasteiger partial charge is 0.337 e. The Balaban J connectivity index is 1.98. The fourth-order valence-electron chi connectivity index (χ4n) is 2.41. The summed E-state index contributed by atoms with van der Waals surface area (Å²) in [7, 11) is 0. The minimum Gasteiger partial charge on any atom is -0.478 e. The molecule has 2 rings (SSSR count). The van der Waals surface area contributed by atoms with E-state index in [1.807, 2.05) is 0 Å². The zero-order valence-electron chi connectivity index (χ0n) is 12.4. The van der Waals surface area contributed by atoms with Gasteiger partial charge in [-0.1, -0.05) is 12.1 Å². The SMILES string of the molecule is CC(C)N1CCN(C(=O)Nc2ccccc2C(=O)O)CC1. The zero-order chi connectivity index (χ0) is 15.4. The number of carboxylic acids is 1. The summed E-state index contributed by atoms with van der Waals surface area (Å²) in [6.07, 6.45) is 0. The minimum absolute atomic E-state index is 0.103. The molecule has 1 saturated heterocycles. The van der Waals surface area contributed by atoms with Crippen molar-refractivity contribution < 1.29 is 14.7 Å². The average molecular weight is 291 g/mol. The van der Waals surface area contributed by atoms with Gasteiger partial charge in [0.25, 0.3) is 0 Å². The van der Waals surface area contributed by atoms with Crippen molar-refractivity contribution in [3.63, 3.8) is 0 Å². The highest BCUT2D eigenvalue weighted by Crippen LogP contribution is 2.16. The first-order chi connectivity index (χ1) is 9.99. The van der Waals surface area contributed by atoms with E-state index in [1.54, 1.807) is 23.1 Å². The number of amides is 2. The van der Waals surface area contributed by atoms with E-state index in [-0.39, 0.29) is 11.6 Å². The van der Waals surface area contributed by atoms with Crippen molar-refractivity contribution in [3.8, 4) is 0 Å². The first-order valence-corrected chi connectivity index (χ1v) is 7.11. The van der Waals surface area contributed by atoms with Gasteiger partial charge in [-0.2, -0.15) is 0 Å². The summed E-state index contributed by atoms with van der Waals surface area (Å²) in [5.74, 6) is -1.05. The van der Waals surface area contributed by atoms with Crippen molar-refractivity contribution in [2.75, 3.05) is 31.5 Å². The Morgan fingerprint density at radius 2 is 1.76 bits per heavy atom. The predicted molar refractivity (Wildman–Crippen MR) is 80.7 cm³/mol. The van der Waals surface area contributed by atoms with Gasteiger partial charge in [0, 0.05) is 32.2 Å². The Morgan fingerprint density at radius 3 is 2.33 bits per heavy atom. The van der Waals surface area contributed by atoms with Crippen molar-refractivity contribution in [1.82, 2.24) is 9.80 Å². The molecule has 2 N–H and O–H groups in total. The highest BCUT2D eigenvalue weighted by molar-refractivity contribution is 5.99. The van der Waals surface area contributed by atoms with Crippen LogP contribution >= 0.6 is 0 Å². The van der Waals surface area contributed by atoms with E-state index >= 15 is 0 Å². The highest BCUT2D eigenvalue weighted by Gasteiger charge is 2.23. The van der Waals surface area contributed by atoms with Crippen molar-refractivity contribution in [2.45, 2.75) is 19.9 Å². The maximum Gasteiger partial charge on any atom is 0.337 e. The van der Waals surface area contributed by atoms with Crippen LogP contribution in [0.15, 0.2) is 24.3 Å². The quantitative estimate of drug-likeness (QED) is 0.892. The Kier molecular flexibility index (Phi) is 4.80. The first kappa shape index (κ1) is 15.3. The van der Waals surface area contributed by atoms with Crippen LogP contribution < -0.4 is 5.32 Å². The molecule has 0 bridgehead atoms. The summed E-state index contributed by atoms with van der Waals surface area (Å²) in [5, 5.41) is 11.8. The normalized spacial score (nSPS) is 16.0. The van der Waals surface area contributed by atoms with E-state index in [0.717, 1.165) is 13.1 Å². The van der Waals surface area contributed by atoms with Crippen LogP contribution in [-0.2, 0) is 0 Å². The molecule has 0 atom stereocenters. The van der Waals surface area contributed by atoms with Gasteiger partial charge in [0.05, 0.1) is 11.3 Å². The third-order valence-corrected chi connectivity index (χ3v) is 3.73. The van der Waals surface area contributed by atoms with Crippen molar-refractivity contribution in [1.29, 1.82) is 0 Å². The zero-order valence-corrected chi connectivity index (χ0v) is 12.4. The molecule has 2 amide bonds. The van der Waals surface area contributed by atoms with Crippen LogP contribution in [-0.4, -0.2) is 59.1 Å². The highest BCUT2D eigenvalue weighted by atomic mass is 16.4. The molecule has 1 fully saturated rings. The van der Waals surface area contributed by atoms with Crippen LogP contribution in [0.2, 0.25) is 0 Å². The van der Waals surface area contributed by atoms with Gasteiger partial charge in [-0.3, -0.25) is 4.90 Å². The molecule has 0 unspecified atom stereocenters. The molecule has 0 radical (unpaired) electrons. The number of hydrogen-bond donors (Lipinski definition) is 2. The molecule has 0 aliphatic carbocycles. The minimum atomic E-state index is -1.05. The average Bonchev–Trinajstić information content (AvgIpc) is 2.47. The lowest BCUT2D eigenvalue weighted by atomic mass is 10.2. The molecule has 0 aromatic heterocycles. The van der Waals surface area contributed by atoms with E-state index in [9.17, 15) is 9.59 Å². The maximum atomic E-state index is 12.2. The molecule has 0 saturated carbocycles. The van der Waals surface area contributed by atoms with E-state index in [4.69, 9.17) is 5.11 Å². The van der Waals surface area contributed by atoms with Gasteiger partial charge < -0.3 is 15.3 Å². The number of nitrogens with zero attached hydrogens (tertiary/aromatic N) is 2. The summed E-state index contributed by atoms with van der Waals surface area (Å²) in [5.41, 5.74) is 0.438. The first-order valence-electron chi connectivity index (χ1n) is 7.11. The van der Waals surface area contributed by atoms with Crippen LogP contribution in [0.3, 0.4) is 0 Å². The third-order valence-electron chi connectivity index (χ3n) is 3.73. The topological polar surface area (TPSA) is 72.9 Å². The molecule has 114 valence electrons. The molecule has 6 heteroatoms. The number of carbonyl (C=O) groups is 2. The van der Waals surface area contributed by atoms with Crippen molar-refractivity contribution in [2.24, 2.45) is 0 Å². The number of nitrogens with one attached hydrogen (secondary N) is 1. The Bertz CT molecular complexity index is 523. The van der Waals surface area contributed by atoms with Crippen molar-refractivity contribution >= 4 is 17.7 Å². The molecular formula is C15H21N3O3. The molecule has 21 heavy (non-hydrogen) atoms. The van der Waals surface area contributed by atoms with Crippen LogP contribution in [0.4, 0.5) is 10.5 Å². The summed E-state index contributed by atoms with van der Waals surface area (Å²) in [6.45, 7) is 7.26. The van der Waals surface area contributed by atoms with Gasteiger partial charge in [-0.25, -0.2) is 9.59 Å². The number of anilines is 1. The van der Waals surface area contributed by atoms with E-state index in [2.05, 4.69) is 24.1 Å². The molecule has 0 spiro atoms. The Labute approximate surface area is 124 Å². The number of carboxylic acid groups (broad SMARTS) is 1. The van der Waals surface area contributed by atoms with Crippen LogP contribution in [0, 0.1) is 0 Å². The van der Waals surface area contributed by atoms with Crippen LogP contribution in [0.5, 0.6) is 0 Å². The Hall–Kier alpha value is -2.08. The molecule has 6 nitrogen and oxygen atoms in total. The number of benzene rings is 1. The lowest BCUT2D eigenvalue weighted by molar-refractivity contribution is 0.0698. The molecule has 1 aromatic rings. The van der Waals surface area contributed by atoms with E-state index < -0.39 is 5.97 Å². The monoisotopic (exact) mass is 291 g/mol. The number of aromatic carboxylic acids is 1. The van der Waals surface area contributed by atoms with E-state index in [1.165, 1.54) is 6.07 Å². The number of para-hydroxylation sites is 1. The summed E-state index contributed by atoms with van der Waals surface area (Å²) < 4.78 is 0. The number of rotatable bonds is 3. The van der Waals surface area contributed by atoms with Gasteiger partial charge in [0.2, 0.25) is 0 Å². The summed E-state index contributed by atoms with van der Waals surface area (Å²) >= 11 is 0. The molecule has 1 heterocycles. The number of piperazine rings is 1. The second-order valence-corrected chi connectivity index (χ2v) is 5.40. The van der Waals surface area contributed by atoms with Gasteiger partial charge in [0.1, 0.15) is 0 Å². The summed E-state index contributed by atoms with van der Waals surface area (Å²) in [6, 6.07) is 6.66. The van der Waals surface area contributed by atoms with Gasteiger partial charge in [0.15, 0.2) is 0 Å².